The number of ether oxygens (including phenoxy) is 1. The predicted molar refractivity (Wildman–Crippen MR) is 59.7 cm³/mol. The highest BCUT2D eigenvalue weighted by molar-refractivity contribution is 5.64. The van der Waals surface area contributed by atoms with Gasteiger partial charge in [-0.1, -0.05) is 0 Å². The summed E-state index contributed by atoms with van der Waals surface area (Å²) in [6.45, 7) is 2.05. The van der Waals surface area contributed by atoms with Crippen molar-refractivity contribution in [3.63, 3.8) is 0 Å². The van der Waals surface area contributed by atoms with Gasteiger partial charge in [-0.3, -0.25) is 10.1 Å². The summed E-state index contributed by atoms with van der Waals surface area (Å²) in [6, 6.07) is 1.54. The maximum Gasteiger partial charge on any atom is 0.404 e. The molecule has 1 amide bonds. The number of nitrogens with one attached hydrogen (secondary N) is 1. The Bertz CT molecular complexity index is 435. The van der Waals surface area contributed by atoms with Crippen molar-refractivity contribution in [3.05, 3.63) is 27.9 Å². The van der Waals surface area contributed by atoms with Gasteiger partial charge in [0.15, 0.2) is 0 Å². The summed E-state index contributed by atoms with van der Waals surface area (Å²) >= 11 is 0. The topological polar surface area (TPSA) is 120 Å². The van der Waals surface area contributed by atoms with Crippen LogP contribution < -0.4 is 11.1 Å². The lowest BCUT2D eigenvalue weighted by Gasteiger charge is -2.06. The van der Waals surface area contributed by atoms with Crippen molar-refractivity contribution >= 4 is 17.6 Å². The Balaban J connectivity index is 2.53. The summed E-state index contributed by atoms with van der Waals surface area (Å²) in [5.74, 6) is 0.473. The Morgan fingerprint density at radius 1 is 1.71 bits per heavy atom. The number of carbonyl (C=O) groups excluding carboxylic acids is 1. The number of rotatable bonds is 5. The molecule has 0 aliphatic carbocycles. The molecule has 8 heteroatoms. The fourth-order valence-electron chi connectivity index (χ4n) is 1.17. The van der Waals surface area contributed by atoms with Crippen LogP contribution in [0.25, 0.3) is 0 Å². The second-order valence-electron chi connectivity index (χ2n) is 3.21. The number of pyridine rings is 1. The molecule has 1 rings (SSSR count). The summed E-state index contributed by atoms with van der Waals surface area (Å²) < 4.78 is 4.50. The number of amides is 1. The molecule has 0 aliphatic heterocycles. The summed E-state index contributed by atoms with van der Waals surface area (Å²) in [6.07, 6.45) is 0.326. The molecule has 3 N–H and O–H groups in total. The predicted octanol–water partition coefficient (Wildman–Crippen LogP) is 0.805. The molecule has 0 saturated heterocycles. The molecule has 0 aromatic carbocycles. The Morgan fingerprint density at radius 2 is 2.41 bits per heavy atom. The summed E-state index contributed by atoms with van der Waals surface area (Å²) in [5.41, 5.74) is 5.23. The van der Waals surface area contributed by atoms with Gasteiger partial charge in [0, 0.05) is 5.56 Å². The van der Waals surface area contributed by atoms with Crippen LogP contribution in [0.15, 0.2) is 12.3 Å². The molecule has 0 saturated carbocycles. The second-order valence-corrected chi connectivity index (χ2v) is 3.21. The van der Waals surface area contributed by atoms with Crippen LogP contribution in [0.1, 0.15) is 5.56 Å². The molecule has 17 heavy (non-hydrogen) atoms. The number of carbonyl (C=O) groups is 1. The van der Waals surface area contributed by atoms with Gasteiger partial charge in [-0.25, -0.2) is 9.78 Å². The second kappa shape index (κ2) is 5.64. The standard InChI is InChI=1S/C9H12N4O4/c1-6-4-8(11-2-3-17-9(10)14)12-5-7(6)13(15)16/h4-5H,2-3H2,1H3,(H2,10,14)(H,11,12). The number of hydrogen-bond donors (Lipinski definition) is 2. The molecule has 0 spiro atoms. The van der Waals surface area contributed by atoms with E-state index in [1.54, 1.807) is 13.0 Å². The quantitative estimate of drug-likeness (QED) is 0.446. The summed E-state index contributed by atoms with van der Waals surface area (Å²) in [5, 5.41) is 13.4. The van der Waals surface area contributed by atoms with Gasteiger partial charge in [0.05, 0.1) is 11.5 Å². The lowest BCUT2D eigenvalue weighted by molar-refractivity contribution is -0.385. The van der Waals surface area contributed by atoms with Crippen LogP contribution in [0.4, 0.5) is 16.3 Å². The van der Waals surface area contributed by atoms with Gasteiger partial charge >= 0.3 is 6.09 Å². The normalized spacial score (nSPS) is 9.71. The van der Waals surface area contributed by atoms with Crippen LogP contribution in [-0.2, 0) is 4.74 Å². The van der Waals surface area contributed by atoms with Crippen molar-refractivity contribution in [1.29, 1.82) is 0 Å². The van der Waals surface area contributed by atoms with Crippen LogP contribution in [0.2, 0.25) is 0 Å². The van der Waals surface area contributed by atoms with Crippen LogP contribution in [0.5, 0.6) is 0 Å². The van der Waals surface area contributed by atoms with Crippen molar-refractivity contribution in [2.75, 3.05) is 18.5 Å². The van der Waals surface area contributed by atoms with E-state index in [4.69, 9.17) is 5.73 Å². The van der Waals surface area contributed by atoms with Gasteiger partial charge in [0.25, 0.3) is 5.69 Å². The van der Waals surface area contributed by atoms with Crippen molar-refractivity contribution in [1.82, 2.24) is 4.98 Å². The van der Waals surface area contributed by atoms with E-state index in [9.17, 15) is 14.9 Å². The number of anilines is 1. The van der Waals surface area contributed by atoms with Crippen molar-refractivity contribution in [2.24, 2.45) is 5.73 Å². The van der Waals surface area contributed by atoms with E-state index >= 15 is 0 Å². The van der Waals surface area contributed by atoms with Gasteiger partial charge in [-0.05, 0) is 13.0 Å². The first kappa shape index (κ1) is 12.7. The SMILES string of the molecule is Cc1cc(NCCOC(N)=O)ncc1[N+](=O)[O-]. The summed E-state index contributed by atoms with van der Waals surface area (Å²) in [4.78, 5) is 24.2. The van der Waals surface area contributed by atoms with Crippen molar-refractivity contribution in [2.45, 2.75) is 6.92 Å². The Hall–Kier alpha value is -2.38. The Labute approximate surface area is 96.9 Å². The van der Waals surface area contributed by atoms with E-state index in [2.05, 4.69) is 15.0 Å². The minimum atomic E-state index is -0.848. The first-order chi connectivity index (χ1) is 8.00. The number of primary amides is 1. The number of nitrogens with zero attached hydrogens (tertiary/aromatic N) is 2. The fourth-order valence-corrected chi connectivity index (χ4v) is 1.17. The average Bonchev–Trinajstić information content (AvgIpc) is 2.23. The highest BCUT2D eigenvalue weighted by Gasteiger charge is 2.10. The first-order valence-corrected chi connectivity index (χ1v) is 4.78. The zero-order valence-electron chi connectivity index (χ0n) is 9.17. The Morgan fingerprint density at radius 3 is 2.94 bits per heavy atom. The highest BCUT2D eigenvalue weighted by atomic mass is 16.6. The molecule has 92 valence electrons. The van der Waals surface area contributed by atoms with Gasteiger partial charge in [0.1, 0.15) is 18.6 Å². The minimum absolute atomic E-state index is 0.0380. The number of nitro groups is 1. The summed E-state index contributed by atoms with van der Waals surface area (Å²) in [7, 11) is 0. The average molecular weight is 240 g/mol. The zero-order valence-corrected chi connectivity index (χ0v) is 9.17. The van der Waals surface area contributed by atoms with Crippen LogP contribution in [-0.4, -0.2) is 29.2 Å². The van der Waals surface area contributed by atoms with Gasteiger partial charge < -0.3 is 15.8 Å². The van der Waals surface area contributed by atoms with Crippen LogP contribution >= 0.6 is 0 Å². The fraction of sp³-hybridized carbons (Fsp3) is 0.333. The highest BCUT2D eigenvalue weighted by Crippen LogP contribution is 2.18. The van der Waals surface area contributed by atoms with Crippen LogP contribution in [0, 0.1) is 17.0 Å². The minimum Gasteiger partial charge on any atom is -0.448 e. The van der Waals surface area contributed by atoms with Crippen LogP contribution in [0.3, 0.4) is 0 Å². The maximum atomic E-state index is 10.5. The molecule has 8 nitrogen and oxygen atoms in total. The van der Waals surface area contributed by atoms with E-state index in [0.29, 0.717) is 17.9 Å². The monoisotopic (exact) mass is 240 g/mol. The molecular weight excluding hydrogens is 228 g/mol. The van der Waals surface area contributed by atoms with Gasteiger partial charge in [-0.2, -0.15) is 0 Å². The van der Waals surface area contributed by atoms with Crippen molar-refractivity contribution in [3.8, 4) is 0 Å². The molecule has 1 aromatic rings. The molecule has 0 fully saturated rings. The van der Waals surface area contributed by atoms with E-state index < -0.39 is 11.0 Å². The third-order valence-corrected chi connectivity index (χ3v) is 1.93. The lowest BCUT2D eigenvalue weighted by atomic mass is 10.2. The zero-order chi connectivity index (χ0) is 12.8. The van der Waals surface area contributed by atoms with Gasteiger partial charge in [0.2, 0.25) is 0 Å². The molecule has 1 aromatic heterocycles. The van der Waals surface area contributed by atoms with E-state index in [-0.39, 0.29) is 12.3 Å². The molecular formula is C9H12N4O4. The molecule has 0 radical (unpaired) electrons. The number of aromatic nitrogens is 1. The third-order valence-electron chi connectivity index (χ3n) is 1.93. The van der Waals surface area contributed by atoms with Gasteiger partial charge in [-0.15, -0.1) is 0 Å². The third kappa shape index (κ3) is 3.93. The van der Waals surface area contributed by atoms with Crippen molar-refractivity contribution < 1.29 is 14.5 Å². The maximum absolute atomic E-state index is 10.5. The van der Waals surface area contributed by atoms with E-state index in [0.717, 1.165) is 0 Å². The molecule has 0 atom stereocenters. The van der Waals surface area contributed by atoms with E-state index in [1.165, 1.54) is 6.20 Å². The molecule has 0 bridgehead atoms. The molecule has 0 aliphatic rings. The lowest BCUT2D eigenvalue weighted by Crippen LogP contribution is -2.18. The molecule has 0 unspecified atom stereocenters. The number of aryl methyl sites for hydroxylation is 1. The smallest absolute Gasteiger partial charge is 0.404 e. The number of nitrogens with two attached hydrogens (primary N) is 1. The largest absolute Gasteiger partial charge is 0.448 e. The Kier molecular flexibility index (Phi) is 4.21. The first-order valence-electron chi connectivity index (χ1n) is 4.78. The number of hydrogen-bond acceptors (Lipinski definition) is 6. The molecule has 1 heterocycles. The van der Waals surface area contributed by atoms with E-state index in [1.807, 2.05) is 0 Å².